The fourth-order valence-electron chi connectivity index (χ4n) is 3.35. The van der Waals surface area contributed by atoms with Crippen LogP contribution in [0.5, 0.6) is 0 Å². The highest BCUT2D eigenvalue weighted by atomic mass is 32.1. The number of nitrogens with one attached hydrogen (secondary N) is 1. The van der Waals surface area contributed by atoms with E-state index >= 15 is 0 Å². The molecule has 0 saturated heterocycles. The largest absolute Gasteiger partial charge is 0.480 e. The standard InChI is InChI=1S/C20H20N2O3S/c1-14-9-10-20(19(24)25,17(12-14)15-6-3-2-4-7-15)18(23)22-21-13-16-8-5-11-26-16/h2-9,11,13,17H,10,12H2,1H3,(H,22,23)(H,24,25)/b21-13-/t17-,20-/m1/s1. The molecule has 0 spiro atoms. The van der Waals surface area contributed by atoms with Crippen LogP contribution < -0.4 is 5.43 Å². The van der Waals surface area contributed by atoms with Crippen molar-refractivity contribution in [3.63, 3.8) is 0 Å². The summed E-state index contributed by atoms with van der Waals surface area (Å²) in [6, 6.07) is 13.1. The molecule has 6 heteroatoms. The molecule has 0 unspecified atom stereocenters. The minimum Gasteiger partial charge on any atom is -0.480 e. The van der Waals surface area contributed by atoms with Gasteiger partial charge in [0.1, 0.15) is 0 Å². The van der Waals surface area contributed by atoms with Crippen molar-refractivity contribution in [2.24, 2.45) is 10.5 Å². The van der Waals surface area contributed by atoms with Crippen molar-refractivity contribution in [3.05, 3.63) is 69.9 Å². The van der Waals surface area contributed by atoms with Crippen molar-refractivity contribution in [1.29, 1.82) is 0 Å². The molecule has 2 N–H and O–H groups in total. The first-order valence-corrected chi connectivity index (χ1v) is 9.23. The summed E-state index contributed by atoms with van der Waals surface area (Å²) in [5.74, 6) is -2.16. The SMILES string of the molecule is CC1=CC[C@](C(=O)O)(C(=O)N/N=C\c2cccs2)[C@@H](c2ccccc2)C1. The predicted octanol–water partition coefficient (Wildman–Crippen LogP) is 3.79. The van der Waals surface area contributed by atoms with E-state index in [9.17, 15) is 14.7 Å². The van der Waals surface area contributed by atoms with E-state index in [0.29, 0.717) is 6.42 Å². The first-order valence-electron chi connectivity index (χ1n) is 8.35. The molecule has 2 aromatic rings. The Bertz CT molecular complexity index is 843. The molecule has 0 fully saturated rings. The zero-order valence-electron chi connectivity index (χ0n) is 14.4. The number of carbonyl (C=O) groups is 2. The van der Waals surface area contributed by atoms with Gasteiger partial charge >= 0.3 is 5.97 Å². The maximum absolute atomic E-state index is 12.9. The van der Waals surface area contributed by atoms with Gasteiger partial charge < -0.3 is 5.11 Å². The van der Waals surface area contributed by atoms with E-state index in [1.165, 1.54) is 17.6 Å². The quantitative estimate of drug-likeness (QED) is 0.365. The molecule has 2 atom stereocenters. The van der Waals surface area contributed by atoms with Gasteiger partial charge in [0.2, 0.25) is 0 Å². The monoisotopic (exact) mass is 368 g/mol. The number of carboxylic acids is 1. The van der Waals surface area contributed by atoms with E-state index in [4.69, 9.17) is 0 Å². The van der Waals surface area contributed by atoms with E-state index in [-0.39, 0.29) is 6.42 Å². The predicted molar refractivity (Wildman–Crippen MR) is 102 cm³/mol. The zero-order valence-corrected chi connectivity index (χ0v) is 15.2. The summed E-state index contributed by atoms with van der Waals surface area (Å²) in [6.45, 7) is 1.97. The lowest BCUT2D eigenvalue weighted by Crippen LogP contribution is -2.50. The summed E-state index contributed by atoms with van der Waals surface area (Å²) in [6.07, 6.45) is 4.04. The van der Waals surface area contributed by atoms with Gasteiger partial charge in [-0.15, -0.1) is 11.3 Å². The topological polar surface area (TPSA) is 78.8 Å². The lowest BCUT2D eigenvalue weighted by molar-refractivity contribution is -0.158. The van der Waals surface area contributed by atoms with E-state index in [1.54, 1.807) is 0 Å². The number of aliphatic carboxylic acids is 1. The zero-order chi connectivity index (χ0) is 18.6. The van der Waals surface area contributed by atoms with E-state index < -0.39 is 23.2 Å². The summed E-state index contributed by atoms with van der Waals surface area (Å²) < 4.78 is 0. The molecule has 1 aliphatic carbocycles. The number of carbonyl (C=O) groups excluding carboxylic acids is 1. The molecule has 1 aliphatic rings. The van der Waals surface area contributed by atoms with Gasteiger partial charge in [0.25, 0.3) is 5.91 Å². The highest BCUT2D eigenvalue weighted by molar-refractivity contribution is 7.11. The number of amides is 1. The van der Waals surface area contributed by atoms with Gasteiger partial charge in [-0.1, -0.05) is 48.0 Å². The highest BCUT2D eigenvalue weighted by Gasteiger charge is 2.53. The molecule has 1 amide bonds. The molecule has 26 heavy (non-hydrogen) atoms. The molecule has 1 heterocycles. The van der Waals surface area contributed by atoms with Crippen LogP contribution in [0.2, 0.25) is 0 Å². The van der Waals surface area contributed by atoms with Crippen molar-refractivity contribution in [3.8, 4) is 0 Å². The molecule has 5 nitrogen and oxygen atoms in total. The average molecular weight is 368 g/mol. The van der Waals surface area contributed by atoms with Gasteiger partial charge in [0.15, 0.2) is 5.41 Å². The van der Waals surface area contributed by atoms with Crippen LogP contribution >= 0.6 is 11.3 Å². The molecular weight excluding hydrogens is 348 g/mol. The second kappa shape index (κ2) is 7.66. The first-order chi connectivity index (χ1) is 12.5. The lowest BCUT2D eigenvalue weighted by atomic mass is 9.64. The third-order valence-electron chi connectivity index (χ3n) is 4.78. The normalized spacial score (nSPS) is 22.8. The smallest absolute Gasteiger partial charge is 0.320 e. The Hall–Kier alpha value is -2.73. The summed E-state index contributed by atoms with van der Waals surface area (Å²) in [4.78, 5) is 26.1. The number of allylic oxidation sites excluding steroid dienone is 2. The molecule has 1 aromatic heterocycles. The number of hydrogen-bond donors (Lipinski definition) is 2. The first kappa shape index (κ1) is 18.1. The molecule has 0 aliphatic heterocycles. The van der Waals surface area contributed by atoms with Crippen molar-refractivity contribution in [1.82, 2.24) is 5.43 Å². The Morgan fingerprint density at radius 2 is 2.04 bits per heavy atom. The highest BCUT2D eigenvalue weighted by Crippen LogP contribution is 2.47. The maximum Gasteiger partial charge on any atom is 0.320 e. The van der Waals surface area contributed by atoms with Gasteiger partial charge in [0.05, 0.1) is 6.21 Å². The third kappa shape index (κ3) is 3.46. The van der Waals surface area contributed by atoms with E-state index in [0.717, 1.165) is 16.0 Å². The Labute approximate surface area is 156 Å². The van der Waals surface area contributed by atoms with E-state index in [1.807, 2.05) is 60.8 Å². The van der Waals surface area contributed by atoms with Crippen molar-refractivity contribution >= 4 is 29.4 Å². The number of hydrogen-bond acceptors (Lipinski definition) is 4. The average Bonchev–Trinajstić information content (AvgIpc) is 3.15. The van der Waals surface area contributed by atoms with Gasteiger partial charge in [-0.05, 0) is 36.8 Å². The van der Waals surface area contributed by atoms with Gasteiger partial charge in [0, 0.05) is 10.8 Å². The van der Waals surface area contributed by atoms with Crippen LogP contribution in [0.4, 0.5) is 0 Å². The second-order valence-corrected chi connectivity index (χ2v) is 7.39. The summed E-state index contributed by atoms with van der Waals surface area (Å²) in [5.41, 5.74) is 2.81. The lowest BCUT2D eigenvalue weighted by Gasteiger charge is -2.38. The number of carboxylic acid groups (broad SMARTS) is 1. The Morgan fingerprint density at radius 3 is 2.69 bits per heavy atom. The Balaban J connectivity index is 1.93. The van der Waals surface area contributed by atoms with Crippen LogP contribution in [-0.2, 0) is 9.59 Å². The maximum atomic E-state index is 12.9. The number of rotatable bonds is 5. The van der Waals surface area contributed by atoms with Crippen molar-refractivity contribution in [2.45, 2.75) is 25.7 Å². The Morgan fingerprint density at radius 1 is 1.27 bits per heavy atom. The number of thiophene rings is 1. The summed E-state index contributed by atoms with van der Waals surface area (Å²) >= 11 is 1.49. The molecule has 0 bridgehead atoms. The van der Waals surface area contributed by atoms with Crippen LogP contribution in [0.15, 0.2) is 64.6 Å². The van der Waals surface area contributed by atoms with Crippen LogP contribution in [0.25, 0.3) is 0 Å². The van der Waals surface area contributed by atoms with Crippen LogP contribution in [0.1, 0.15) is 36.1 Å². The van der Waals surface area contributed by atoms with Gasteiger partial charge in [-0.3, -0.25) is 9.59 Å². The minimum atomic E-state index is -1.58. The molecule has 3 rings (SSSR count). The number of hydrazone groups is 1. The Kier molecular flexibility index (Phi) is 5.32. The third-order valence-corrected chi connectivity index (χ3v) is 5.59. The molecule has 134 valence electrons. The van der Waals surface area contributed by atoms with Crippen molar-refractivity contribution in [2.75, 3.05) is 0 Å². The number of nitrogens with zero attached hydrogens (tertiary/aromatic N) is 1. The second-order valence-electron chi connectivity index (χ2n) is 6.41. The molecular formula is C20H20N2O3S. The molecule has 1 aromatic carbocycles. The number of benzene rings is 1. The summed E-state index contributed by atoms with van der Waals surface area (Å²) in [7, 11) is 0. The minimum absolute atomic E-state index is 0.147. The fourth-order valence-corrected chi connectivity index (χ4v) is 3.93. The molecule has 0 saturated carbocycles. The van der Waals surface area contributed by atoms with Crippen LogP contribution in [0, 0.1) is 5.41 Å². The molecule has 0 radical (unpaired) electrons. The van der Waals surface area contributed by atoms with E-state index in [2.05, 4.69) is 10.5 Å². The summed E-state index contributed by atoms with van der Waals surface area (Å²) in [5, 5.41) is 15.9. The van der Waals surface area contributed by atoms with Crippen LogP contribution in [0.3, 0.4) is 0 Å². The van der Waals surface area contributed by atoms with Gasteiger partial charge in [-0.25, -0.2) is 5.43 Å². The van der Waals surface area contributed by atoms with Crippen molar-refractivity contribution < 1.29 is 14.7 Å². The van der Waals surface area contributed by atoms with Crippen LogP contribution in [-0.4, -0.2) is 23.2 Å². The fraction of sp³-hybridized carbons (Fsp3) is 0.250. The van der Waals surface area contributed by atoms with Gasteiger partial charge in [-0.2, -0.15) is 5.10 Å².